The van der Waals surface area contributed by atoms with E-state index in [2.05, 4.69) is 0 Å². The average molecular weight is 264 g/mol. The molecule has 2 nitrogen and oxygen atoms in total. The van der Waals surface area contributed by atoms with Crippen LogP contribution in [0.4, 0.5) is 13.2 Å². The summed E-state index contributed by atoms with van der Waals surface area (Å²) in [6.07, 6.45) is -4.50. The van der Waals surface area contributed by atoms with E-state index in [4.69, 9.17) is 4.18 Å². The minimum atomic E-state index is -4.50. The van der Waals surface area contributed by atoms with E-state index in [-0.39, 0.29) is 17.1 Å². The van der Waals surface area contributed by atoms with Gasteiger partial charge in [0.05, 0.1) is 17.1 Å². The lowest BCUT2D eigenvalue weighted by Crippen LogP contribution is -2.10. The Bertz CT molecular complexity index is 416. The molecule has 94 valence electrons. The molecular formula is C11H11F3O2S. The molecule has 0 radical (unpaired) electrons. The van der Waals surface area contributed by atoms with Crippen LogP contribution in [0, 0.1) is 0 Å². The van der Waals surface area contributed by atoms with Crippen LogP contribution in [0.1, 0.15) is 29.8 Å². The van der Waals surface area contributed by atoms with Crippen molar-refractivity contribution in [2.45, 2.75) is 24.9 Å². The van der Waals surface area contributed by atoms with Gasteiger partial charge in [-0.3, -0.25) is 4.79 Å². The minimum absolute atomic E-state index is 0.0262. The van der Waals surface area contributed by atoms with E-state index in [0.717, 1.165) is 6.07 Å². The molecule has 0 fully saturated rings. The molecule has 1 aromatic rings. The van der Waals surface area contributed by atoms with Gasteiger partial charge in [0.2, 0.25) is 0 Å². The monoisotopic (exact) mass is 264 g/mol. The number of benzene rings is 1. The fourth-order valence-corrected chi connectivity index (χ4v) is 2.06. The van der Waals surface area contributed by atoms with E-state index >= 15 is 0 Å². The first-order valence-corrected chi connectivity index (χ1v) is 5.62. The summed E-state index contributed by atoms with van der Waals surface area (Å²) < 4.78 is 43.1. The highest BCUT2D eigenvalue weighted by Gasteiger charge is 2.35. The molecule has 0 N–H and O–H groups in total. The molecule has 0 heterocycles. The summed E-state index contributed by atoms with van der Waals surface area (Å²) in [7, 11) is 0. The Labute approximate surface area is 101 Å². The van der Waals surface area contributed by atoms with E-state index < -0.39 is 17.5 Å². The van der Waals surface area contributed by atoms with Gasteiger partial charge in [0.1, 0.15) is 0 Å². The van der Waals surface area contributed by atoms with Crippen molar-refractivity contribution >= 4 is 17.8 Å². The van der Waals surface area contributed by atoms with E-state index in [1.165, 1.54) is 19.1 Å². The van der Waals surface area contributed by atoms with E-state index in [1.807, 2.05) is 0 Å². The summed E-state index contributed by atoms with van der Waals surface area (Å²) in [5.74, 6) is -0.418. The highest BCUT2D eigenvalue weighted by atomic mass is 32.2. The van der Waals surface area contributed by atoms with Gasteiger partial charge >= 0.3 is 6.18 Å². The first-order valence-electron chi connectivity index (χ1n) is 4.88. The zero-order valence-corrected chi connectivity index (χ0v) is 10.1. The number of rotatable bonds is 4. The lowest BCUT2D eigenvalue weighted by molar-refractivity contribution is -0.139. The second-order valence-electron chi connectivity index (χ2n) is 3.23. The molecule has 6 heteroatoms. The van der Waals surface area contributed by atoms with Gasteiger partial charge in [-0.1, -0.05) is 12.1 Å². The number of carbonyl (C=O) groups excluding carboxylic acids is 1. The van der Waals surface area contributed by atoms with Gasteiger partial charge in [0, 0.05) is 17.6 Å². The molecule has 0 saturated heterocycles. The molecule has 0 aromatic heterocycles. The van der Waals surface area contributed by atoms with Crippen molar-refractivity contribution in [1.29, 1.82) is 0 Å². The highest BCUT2D eigenvalue weighted by Crippen LogP contribution is 2.38. The van der Waals surface area contributed by atoms with Crippen LogP contribution in [-0.4, -0.2) is 12.4 Å². The molecule has 0 aliphatic carbocycles. The maximum Gasteiger partial charge on any atom is 0.417 e. The Morgan fingerprint density at radius 3 is 2.53 bits per heavy atom. The average Bonchev–Trinajstić information content (AvgIpc) is 2.24. The first-order chi connectivity index (χ1) is 7.88. The van der Waals surface area contributed by atoms with Gasteiger partial charge in [-0.05, 0) is 19.9 Å². The SMILES string of the molecule is CCOSc1c(C(C)=O)cccc1C(F)(F)F. The predicted octanol–water partition coefficient (Wildman–Crippen LogP) is 3.95. The molecule has 17 heavy (non-hydrogen) atoms. The third-order valence-electron chi connectivity index (χ3n) is 1.96. The van der Waals surface area contributed by atoms with Crippen LogP contribution in [0.3, 0.4) is 0 Å². The normalized spacial score (nSPS) is 11.6. The zero-order chi connectivity index (χ0) is 13.1. The summed E-state index contributed by atoms with van der Waals surface area (Å²) in [5, 5.41) is 0. The summed E-state index contributed by atoms with van der Waals surface area (Å²) in [4.78, 5) is 11.1. The van der Waals surface area contributed by atoms with Crippen molar-refractivity contribution < 1.29 is 22.1 Å². The second kappa shape index (κ2) is 5.55. The molecule has 0 atom stereocenters. The predicted molar refractivity (Wildman–Crippen MR) is 58.9 cm³/mol. The summed E-state index contributed by atoms with van der Waals surface area (Å²) in [6, 6.07) is 3.52. The number of halogens is 3. The van der Waals surface area contributed by atoms with Gasteiger partial charge in [0.25, 0.3) is 0 Å². The van der Waals surface area contributed by atoms with Crippen molar-refractivity contribution in [3.8, 4) is 0 Å². The molecule has 0 aliphatic heterocycles. The van der Waals surface area contributed by atoms with E-state index in [0.29, 0.717) is 12.0 Å². The van der Waals surface area contributed by atoms with Crippen molar-refractivity contribution in [2.75, 3.05) is 6.61 Å². The van der Waals surface area contributed by atoms with Gasteiger partial charge in [-0.15, -0.1) is 0 Å². The molecule has 0 amide bonds. The zero-order valence-electron chi connectivity index (χ0n) is 9.30. The molecule has 0 spiro atoms. The number of ketones is 1. The number of hydrogen-bond acceptors (Lipinski definition) is 3. The Balaban J connectivity index is 3.29. The smallest absolute Gasteiger partial charge is 0.311 e. The lowest BCUT2D eigenvalue weighted by atomic mass is 10.1. The van der Waals surface area contributed by atoms with Crippen molar-refractivity contribution in [1.82, 2.24) is 0 Å². The van der Waals surface area contributed by atoms with Crippen molar-refractivity contribution in [2.24, 2.45) is 0 Å². The topological polar surface area (TPSA) is 26.3 Å². The standard InChI is InChI=1S/C11H11F3O2S/c1-3-16-17-10-8(7(2)15)5-4-6-9(10)11(12,13)14/h4-6H,3H2,1-2H3. The van der Waals surface area contributed by atoms with Gasteiger partial charge in [-0.25, -0.2) is 0 Å². The van der Waals surface area contributed by atoms with Gasteiger partial charge in [-0.2, -0.15) is 13.2 Å². The van der Waals surface area contributed by atoms with Crippen molar-refractivity contribution in [3.63, 3.8) is 0 Å². The van der Waals surface area contributed by atoms with E-state index in [9.17, 15) is 18.0 Å². The highest BCUT2D eigenvalue weighted by molar-refractivity contribution is 7.94. The quantitative estimate of drug-likeness (QED) is 0.608. The third kappa shape index (κ3) is 3.47. The molecule has 0 saturated carbocycles. The van der Waals surface area contributed by atoms with Crippen LogP contribution in [0.5, 0.6) is 0 Å². The van der Waals surface area contributed by atoms with Crippen LogP contribution >= 0.6 is 12.0 Å². The van der Waals surface area contributed by atoms with Gasteiger partial charge < -0.3 is 4.18 Å². The van der Waals surface area contributed by atoms with Crippen LogP contribution in [-0.2, 0) is 10.4 Å². The van der Waals surface area contributed by atoms with Gasteiger partial charge in [0.15, 0.2) is 5.78 Å². The summed E-state index contributed by atoms with van der Waals surface area (Å²) in [6.45, 7) is 3.15. The van der Waals surface area contributed by atoms with E-state index in [1.54, 1.807) is 6.92 Å². The fraction of sp³-hybridized carbons (Fsp3) is 0.364. The van der Waals surface area contributed by atoms with Crippen LogP contribution in [0.2, 0.25) is 0 Å². The minimum Gasteiger partial charge on any atom is -0.311 e. The molecule has 0 unspecified atom stereocenters. The Morgan fingerprint density at radius 1 is 1.41 bits per heavy atom. The third-order valence-corrected chi connectivity index (χ3v) is 2.92. The molecule has 0 bridgehead atoms. The maximum atomic E-state index is 12.7. The number of alkyl halides is 3. The van der Waals surface area contributed by atoms with Crippen LogP contribution in [0.25, 0.3) is 0 Å². The van der Waals surface area contributed by atoms with Crippen LogP contribution < -0.4 is 0 Å². The van der Waals surface area contributed by atoms with Crippen LogP contribution in [0.15, 0.2) is 23.1 Å². The molecule has 1 rings (SSSR count). The Morgan fingerprint density at radius 2 is 2.06 bits per heavy atom. The Kier molecular flexibility index (Phi) is 4.59. The largest absolute Gasteiger partial charge is 0.417 e. The number of hydrogen-bond donors (Lipinski definition) is 0. The number of Topliss-reactive ketones (excluding diaryl/α,β-unsaturated/α-hetero) is 1. The maximum absolute atomic E-state index is 12.7. The molecule has 0 aliphatic rings. The number of carbonyl (C=O) groups is 1. The molecular weight excluding hydrogens is 253 g/mol. The van der Waals surface area contributed by atoms with Crippen molar-refractivity contribution in [3.05, 3.63) is 29.3 Å². The Hall–Kier alpha value is -1.01. The fourth-order valence-electron chi connectivity index (χ4n) is 1.25. The summed E-state index contributed by atoms with van der Waals surface area (Å²) in [5.41, 5.74) is -0.818. The molecule has 1 aromatic carbocycles. The lowest BCUT2D eigenvalue weighted by Gasteiger charge is -2.14. The summed E-state index contributed by atoms with van der Waals surface area (Å²) >= 11 is 0.588. The first kappa shape index (κ1) is 14.1. The second-order valence-corrected chi connectivity index (χ2v) is 4.04.